The Morgan fingerprint density at radius 3 is 2.44 bits per heavy atom. The molecule has 1 aromatic rings. The molecule has 0 aromatic carbocycles. The summed E-state index contributed by atoms with van der Waals surface area (Å²) in [5.41, 5.74) is 10.9. The van der Waals surface area contributed by atoms with Gasteiger partial charge in [0.25, 0.3) is 0 Å². The zero-order valence-corrected chi connectivity index (χ0v) is 10.6. The average Bonchev–Trinajstić information content (AvgIpc) is 2.36. The maximum atomic E-state index is 10.6. The van der Waals surface area contributed by atoms with Crippen LogP contribution in [0, 0.1) is 10.1 Å². The fraction of sp³-hybridized carbons (Fsp3) is 0.545. The molecule has 18 heavy (non-hydrogen) atoms. The van der Waals surface area contributed by atoms with Crippen LogP contribution in [-0.2, 0) is 0 Å². The highest BCUT2D eigenvalue weighted by atomic mass is 16.6. The van der Waals surface area contributed by atoms with Gasteiger partial charge in [0.2, 0.25) is 5.82 Å². The van der Waals surface area contributed by atoms with Crippen LogP contribution in [0.15, 0.2) is 12.1 Å². The Bertz CT molecular complexity index is 423. The van der Waals surface area contributed by atoms with Gasteiger partial charge in [0.1, 0.15) is 5.82 Å². The smallest absolute Gasteiger partial charge is 0.311 e. The van der Waals surface area contributed by atoms with E-state index in [0.29, 0.717) is 12.4 Å². The molecule has 0 radical (unpaired) electrons. The van der Waals surface area contributed by atoms with Crippen molar-refractivity contribution in [3.05, 3.63) is 22.2 Å². The first-order valence-electron chi connectivity index (χ1n) is 5.87. The van der Waals surface area contributed by atoms with Gasteiger partial charge in [-0.05, 0) is 18.9 Å². The van der Waals surface area contributed by atoms with E-state index >= 15 is 0 Å². The van der Waals surface area contributed by atoms with Gasteiger partial charge in [0.05, 0.1) is 10.5 Å². The number of nitrogens with two attached hydrogens (primary N) is 2. The molecule has 0 fully saturated rings. The predicted molar refractivity (Wildman–Crippen MR) is 71.3 cm³/mol. The number of pyridine rings is 1. The fourth-order valence-corrected chi connectivity index (χ4v) is 1.73. The third kappa shape index (κ3) is 2.86. The fourth-order valence-electron chi connectivity index (χ4n) is 1.73. The lowest BCUT2D eigenvalue weighted by Crippen LogP contribution is -2.44. The van der Waals surface area contributed by atoms with E-state index in [1.165, 1.54) is 6.07 Å². The molecule has 1 rings (SSSR count). The van der Waals surface area contributed by atoms with E-state index in [9.17, 15) is 10.1 Å². The number of hydrogen-bond donors (Lipinski definition) is 3. The quantitative estimate of drug-likeness (QED) is 0.522. The summed E-state index contributed by atoms with van der Waals surface area (Å²) in [6.07, 6.45) is 1.66. The lowest BCUT2D eigenvalue weighted by Gasteiger charge is -2.32. The van der Waals surface area contributed by atoms with E-state index in [1.807, 2.05) is 13.8 Å². The van der Waals surface area contributed by atoms with Crippen LogP contribution in [0.5, 0.6) is 0 Å². The number of hydrogen-bond acceptors (Lipinski definition) is 6. The number of anilines is 2. The van der Waals surface area contributed by atoms with Gasteiger partial charge < -0.3 is 16.8 Å². The Labute approximate surface area is 106 Å². The van der Waals surface area contributed by atoms with Crippen molar-refractivity contribution >= 4 is 17.3 Å². The van der Waals surface area contributed by atoms with Gasteiger partial charge in [-0.15, -0.1) is 0 Å². The van der Waals surface area contributed by atoms with Crippen LogP contribution in [0.4, 0.5) is 17.3 Å². The summed E-state index contributed by atoms with van der Waals surface area (Å²) >= 11 is 0. The molecule has 0 unspecified atom stereocenters. The van der Waals surface area contributed by atoms with E-state index in [2.05, 4.69) is 10.3 Å². The number of nitro groups is 1. The molecule has 7 heteroatoms. The number of rotatable bonds is 6. The van der Waals surface area contributed by atoms with Crippen molar-refractivity contribution in [2.24, 2.45) is 5.73 Å². The summed E-state index contributed by atoms with van der Waals surface area (Å²) in [5.74, 6) is 0.412. The minimum absolute atomic E-state index is 0.0943. The molecular weight excluding hydrogens is 234 g/mol. The average molecular weight is 253 g/mol. The van der Waals surface area contributed by atoms with E-state index in [0.717, 1.165) is 12.8 Å². The number of nitrogen functional groups attached to an aromatic ring is 1. The topological polar surface area (TPSA) is 120 Å². The Hall–Kier alpha value is -1.89. The lowest BCUT2D eigenvalue weighted by molar-refractivity contribution is -0.384. The van der Waals surface area contributed by atoms with E-state index in [-0.39, 0.29) is 17.0 Å². The Balaban J connectivity index is 2.98. The van der Waals surface area contributed by atoms with Crippen molar-refractivity contribution in [1.29, 1.82) is 0 Å². The monoisotopic (exact) mass is 253 g/mol. The van der Waals surface area contributed by atoms with Crippen molar-refractivity contribution < 1.29 is 4.92 Å². The largest absolute Gasteiger partial charge is 0.378 e. The third-order valence-corrected chi connectivity index (χ3v) is 3.24. The van der Waals surface area contributed by atoms with Crippen molar-refractivity contribution in [3.8, 4) is 0 Å². The highest BCUT2D eigenvalue weighted by molar-refractivity contribution is 5.57. The highest BCUT2D eigenvalue weighted by Gasteiger charge is 2.25. The van der Waals surface area contributed by atoms with Crippen LogP contribution in [-0.4, -0.2) is 22.0 Å². The van der Waals surface area contributed by atoms with Gasteiger partial charge in [-0.25, -0.2) is 4.98 Å². The highest BCUT2D eigenvalue weighted by Crippen LogP contribution is 2.24. The van der Waals surface area contributed by atoms with Crippen LogP contribution < -0.4 is 16.8 Å². The number of aromatic nitrogens is 1. The molecule has 7 nitrogen and oxygen atoms in total. The van der Waals surface area contributed by atoms with Crippen molar-refractivity contribution in [3.63, 3.8) is 0 Å². The van der Waals surface area contributed by atoms with Crippen LogP contribution in [0.3, 0.4) is 0 Å². The maximum Gasteiger partial charge on any atom is 0.311 e. The summed E-state index contributed by atoms with van der Waals surface area (Å²) in [5, 5.41) is 13.8. The van der Waals surface area contributed by atoms with Gasteiger partial charge in [0.15, 0.2) is 0 Å². The summed E-state index contributed by atoms with van der Waals surface area (Å²) in [6.45, 7) is 4.51. The molecule has 0 amide bonds. The van der Waals surface area contributed by atoms with Gasteiger partial charge in [-0.1, -0.05) is 13.8 Å². The normalized spacial score (nSPS) is 11.3. The molecule has 0 saturated carbocycles. The van der Waals surface area contributed by atoms with Crippen LogP contribution in [0.25, 0.3) is 0 Å². The minimum atomic E-state index is -0.554. The molecule has 0 aliphatic rings. The Kier molecular flexibility index (Phi) is 4.43. The van der Waals surface area contributed by atoms with E-state index < -0.39 is 4.92 Å². The molecule has 5 N–H and O–H groups in total. The second-order valence-corrected chi connectivity index (χ2v) is 4.17. The van der Waals surface area contributed by atoms with E-state index in [4.69, 9.17) is 11.5 Å². The van der Waals surface area contributed by atoms with Gasteiger partial charge >= 0.3 is 5.69 Å². The zero-order chi connectivity index (χ0) is 13.8. The summed E-state index contributed by atoms with van der Waals surface area (Å²) in [7, 11) is 0. The summed E-state index contributed by atoms with van der Waals surface area (Å²) in [6, 6.07) is 2.89. The molecule has 0 aliphatic carbocycles. The predicted octanol–water partition coefficient (Wildman–Crippen LogP) is 1.50. The first-order chi connectivity index (χ1) is 8.48. The number of nitrogens with one attached hydrogen (secondary N) is 1. The van der Waals surface area contributed by atoms with Crippen molar-refractivity contribution in [2.75, 3.05) is 17.6 Å². The molecule has 0 saturated heterocycles. The standard InChI is InChI=1S/C11H19N5O2/c1-3-11(4-2,7-12)15-9-6-5-8(16(17)18)10(13)14-9/h5-6H,3-4,7,12H2,1-2H3,(H3,13,14,15). The van der Waals surface area contributed by atoms with Crippen LogP contribution in [0.2, 0.25) is 0 Å². The van der Waals surface area contributed by atoms with Gasteiger partial charge in [0, 0.05) is 12.6 Å². The lowest BCUT2D eigenvalue weighted by atomic mass is 9.93. The minimum Gasteiger partial charge on any atom is -0.378 e. The second kappa shape index (κ2) is 5.63. The van der Waals surface area contributed by atoms with Crippen LogP contribution in [0.1, 0.15) is 26.7 Å². The molecular formula is C11H19N5O2. The first-order valence-corrected chi connectivity index (χ1v) is 5.87. The zero-order valence-electron chi connectivity index (χ0n) is 10.6. The number of nitrogens with zero attached hydrogens (tertiary/aromatic N) is 2. The molecule has 0 atom stereocenters. The van der Waals surface area contributed by atoms with E-state index in [1.54, 1.807) is 6.07 Å². The summed E-state index contributed by atoms with van der Waals surface area (Å²) < 4.78 is 0. The van der Waals surface area contributed by atoms with Crippen LogP contribution >= 0.6 is 0 Å². The Morgan fingerprint density at radius 2 is 2.06 bits per heavy atom. The SMILES string of the molecule is CCC(CC)(CN)Nc1ccc([N+](=O)[O-])c(N)n1. The molecule has 0 bridgehead atoms. The molecule has 0 aliphatic heterocycles. The third-order valence-electron chi connectivity index (χ3n) is 3.24. The van der Waals surface area contributed by atoms with Gasteiger partial charge in [-0.3, -0.25) is 10.1 Å². The maximum absolute atomic E-state index is 10.6. The van der Waals surface area contributed by atoms with Crippen molar-refractivity contribution in [2.45, 2.75) is 32.2 Å². The molecule has 1 aromatic heterocycles. The summed E-state index contributed by atoms with van der Waals surface area (Å²) in [4.78, 5) is 14.1. The Morgan fingerprint density at radius 1 is 1.44 bits per heavy atom. The second-order valence-electron chi connectivity index (χ2n) is 4.17. The molecule has 1 heterocycles. The van der Waals surface area contributed by atoms with Crippen molar-refractivity contribution in [1.82, 2.24) is 4.98 Å². The molecule has 0 spiro atoms. The van der Waals surface area contributed by atoms with Gasteiger partial charge in [-0.2, -0.15) is 0 Å². The first kappa shape index (κ1) is 14.2. The molecule has 100 valence electrons.